The third kappa shape index (κ3) is 6.38. The van der Waals surface area contributed by atoms with Gasteiger partial charge in [-0.2, -0.15) is 4.98 Å². The largest absolute Gasteiger partial charge is 0.495 e. The Balaban J connectivity index is 1.93. The molecule has 0 amide bonds. The van der Waals surface area contributed by atoms with Gasteiger partial charge < -0.3 is 25.0 Å². The fourth-order valence-corrected chi connectivity index (χ4v) is 5.03. The van der Waals surface area contributed by atoms with Gasteiger partial charge in [-0.15, -0.1) is 0 Å². The molecule has 1 unspecified atom stereocenters. The molecule has 0 aliphatic rings. The molecule has 174 valence electrons. The SMILES string of the molecule is C=CP(C)(=O)Nc1ccc(OC)c(Nc2ncc(Cl)c(Nc3ccccc3P(C)(C)=O)n2)c1. The maximum Gasteiger partial charge on any atom is 0.229 e. The molecule has 1 atom stereocenters. The zero-order chi connectivity index (χ0) is 24.2. The zero-order valence-electron chi connectivity index (χ0n) is 18.8. The summed E-state index contributed by atoms with van der Waals surface area (Å²) in [4.78, 5) is 8.73. The van der Waals surface area contributed by atoms with E-state index in [1.807, 2.05) is 24.3 Å². The van der Waals surface area contributed by atoms with Gasteiger partial charge in [0, 0.05) is 17.7 Å². The van der Waals surface area contributed by atoms with E-state index < -0.39 is 14.4 Å². The Morgan fingerprint density at radius 2 is 1.79 bits per heavy atom. The lowest BCUT2D eigenvalue weighted by Crippen LogP contribution is -2.11. The van der Waals surface area contributed by atoms with Gasteiger partial charge in [0.1, 0.15) is 17.9 Å². The lowest BCUT2D eigenvalue weighted by Gasteiger charge is -2.17. The van der Waals surface area contributed by atoms with E-state index in [1.165, 1.54) is 12.0 Å². The average molecular weight is 506 g/mol. The molecule has 2 aromatic carbocycles. The molecular weight excluding hydrogens is 480 g/mol. The van der Waals surface area contributed by atoms with Crippen LogP contribution in [0.25, 0.3) is 0 Å². The second kappa shape index (κ2) is 10.0. The van der Waals surface area contributed by atoms with Crippen LogP contribution in [0.5, 0.6) is 5.75 Å². The molecule has 33 heavy (non-hydrogen) atoms. The van der Waals surface area contributed by atoms with Gasteiger partial charge in [-0.3, -0.25) is 4.57 Å². The molecule has 0 saturated heterocycles. The highest BCUT2D eigenvalue weighted by molar-refractivity contribution is 7.70. The van der Waals surface area contributed by atoms with E-state index >= 15 is 0 Å². The van der Waals surface area contributed by atoms with Crippen LogP contribution in [-0.4, -0.2) is 37.1 Å². The summed E-state index contributed by atoms with van der Waals surface area (Å²) in [5, 5.41) is 10.2. The third-order valence-electron chi connectivity index (χ3n) is 4.63. The number of benzene rings is 2. The van der Waals surface area contributed by atoms with Crippen LogP contribution in [0.3, 0.4) is 0 Å². The molecule has 0 radical (unpaired) electrons. The van der Waals surface area contributed by atoms with Crippen molar-refractivity contribution in [2.75, 3.05) is 42.8 Å². The van der Waals surface area contributed by atoms with Crippen molar-refractivity contribution in [1.82, 2.24) is 9.97 Å². The molecule has 0 spiro atoms. The number of halogens is 1. The standard InChI is InChI=1S/C22H26ClN5O3P2/c1-6-33(5,30)28-15-11-12-19(31-2)18(13-15)26-22-24-14-16(23)21(27-22)25-17-9-7-8-10-20(17)32(3,4)29/h6-14H,1H2,2-5H3,(H,28,30)(H2,24,25,26,27). The number of aromatic nitrogens is 2. The molecule has 1 heterocycles. The number of rotatable bonds is 9. The molecule has 3 N–H and O–H groups in total. The Bertz CT molecular complexity index is 1280. The van der Waals surface area contributed by atoms with Crippen molar-refractivity contribution in [2.45, 2.75) is 0 Å². The number of hydrogen-bond donors (Lipinski definition) is 3. The quantitative estimate of drug-likeness (QED) is 0.289. The highest BCUT2D eigenvalue weighted by atomic mass is 35.5. The van der Waals surface area contributed by atoms with Crippen LogP contribution in [0.1, 0.15) is 0 Å². The molecule has 3 aromatic rings. The number of anilines is 5. The van der Waals surface area contributed by atoms with E-state index in [9.17, 15) is 9.13 Å². The van der Waals surface area contributed by atoms with Gasteiger partial charge in [0.15, 0.2) is 13.1 Å². The molecule has 0 aliphatic heterocycles. The maximum atomic E-state index is 12.7. The Kier molecular flexibility index (Phi) is 7.53. The van der Waals surface area contributed by atoms with Crippen molar-refractivity contribution in [3.63, 3.8) is 0 Å². The van der Waals surface area contributed by atoms with Crippen LogP contribution in [0, 0.1) is 0 Å². The summed E-state index contributed by atoms with van der Waals surface area (Å²) in [6.07, 6.45) is 1.46. The van der Waals surface area contributed by atoms with E-state index in [0.717, 1.165) is 0 Å². The maximum absolute atomic E-state index is 12.7. The van der Waals surface area contributed by atoms with Crippen LogP contribution >= 0.6 is 26.0 Å². The Labute approximate surface area is 198 Å². The van der Waals surface area contributed by atoms with Crippen molar-refractivity contribution >= 4 is 60.2 Å². The molecular formula is C22H26ClN5O3P2. The highest BCUT2D eigenvalue weighted by Crippen LogP contribution is 2.43. The van der Waals surface area contributed by atoms with Crippen LogP contribution in [0.4, 0.5) is 28.8 Å². The van der Waals surface area contributed by atoms with E-state index in [-0.39, 0.29) is 5.95 Å². The van der Waals surface area contributed by atoms with Crippen molar-refractivity contribution in [2.24, 2.45) is 0 Å². The lowest BCUT2D eigenvalue weighted by molar-refractivity contribution is 0.417. The van der Waals surface area contributed by atoms with Crippen LogP contribution in [0.2, 0.25) is 5.02 Å². The normalized spacial score (nSPS) is 13.0. The summed E-state index contributed by atoms with van der Waals surface area (Å²) in [6.45, 7) is 8.60. The van der Waals surface area contributed by atoms with Crippen molar-refractivity contribution in [1.29, 1.82) is 0 Å². The first-order chi connectivity index (χ1) is 15.5. The zero-order valence-corrected chi connectivity index (χ0v) is 21.3. The van der Waals surface area contributed by atoms with Gasteiger partial charge in [-0.05, 0) is 49.5 Å². The highest BCUT2D eigenvalue weighted by Gasteiger charge is 2.18. The summed E-state index contributed by atoms with van der Waals surface area (Å²) in [5.74, 6) is 2.55. The first-order valence-corrected chi connectivity index (χ1v) is 15.1. The van der Waals surface area contributed by atoms with E-state index in [1.54, 1.807) is 45.3 Å². The lowest BCUT2D eigenvalue weighted by atomic mass is 10.2. The summed E-state index contributed by atoms with van der Waals surface area (Å²) < 4.78 is 30.5. The van der Waals surface area contributed by atoms with Gasteiger partial charge >= 0.3 is 0 Å². The molecule has 3 rings (SSSR count). The van der Waals surface area contributed by atoms with Crippen LogP contribution < -0.4 is 25.8 Å². The Morgan fingerprint density at radius 1 is 1.06 bits per heavy atom. The van der Waals surface area contributed by atoms with Gasteiger partial charge in [-0.25, -0.2) is 4.98 Å². The molecule has 0 fully saturated rings. The fourth-order valence-electron chi connectivity index (χ4n) is 2.99. The van der Waals surface area contributed by atoms with E-state index in [2.05, 4.69) is 32.3 Å². The smallest absolute Gasteiger partial charge is 0.229 e. The Morgan fingerprint density at radius 3 is 2.45 bits per heavy atom. The van der Waals surface area contributed by atoms with Gasteiger partial charge in [0.05, 0.1) is 24.7 Å². The molecule has 0 saturated carbocycles. The average Bonchev–Trinajstić information content (AvgIpc) is 2.76. The van der Waals surface area contributed by atoms with Crippen molar-refractivity contribution in [3.8, 4) is 5.75 Å². The predicted octanol–water partition coefficient (Wildman–Crippen LogP) is 6.34. The number of ether oxygens (including phenoxy) is 1. The minimum Gasteiger partial charge on any atom is -0.495 e. The monoisotopic (exact) mass is 505 g/mol. The second-order valence-corrected chi connectivity index (χ2v) is 13.9. The number of para-hydroxylation sites is 1. The van der Waals surface area contributed by atoms with Crippen LogP contribution in [0.15, 0.2) is 61.1 Å². The first-order valence-electron chi connectivity index (χ1n) is 9.90. The number of nitrogens with zero attached hydrogens (tertiary/aromatic N) is 2. The second-order valence-electron chi connectivity index (χ2n) is 7.71. The third-order valence-corrected chi connectivity index (χ3v) is 7.85. The Hall–Kier alpha value is -2.79. The summed E-state index contributed by atoms with van der Waals surface area (Å²) in [6, 6.07) is 12.5. The fraction of sp³-hybridized carbons (Fsp3) is 0.182. The molecule has 11 heteroatoms. The van der Waals surface area contributed by atoms with E-state index in [0.29, 0.717) is 39.0 Å². The topological polar surface area (TPSA) is 105 Å². The number of hydrogen-bond acceptors (Lipinski definition) is 7. The van der Waals surface area contributed by atoms with E-state index in [4.69, 9.17) is 16.3 Å². The number of methoxy groups -OCH3 is 1. The van der Waals surface area contributed by atoms with Gasteiger partial charge in [-0.1, -0.05) is 30.3 Å². The van der Waals surface area contributed by atoms with Crippen LogP contribution in [-0.2, 0) is 9.13 Å². The van der Waals surface area contributed by atoms with Gasteiger partial charge in [0.25, 0.3) is 0 Å². The van der Waals surface area contributed by atoms with Crippen molar-refractivity contribution in [3.05, 3.63) is 66.1 Å². The summed E-state index contributed by atoms with van der Waals surface area (Å²) >= 11 is 6.33. The minimum absolute atomic E-state index is 0.259. The van der Waals surface area contributed by atoms with Gasteiger partial charge in [0.2, 0.25) is 5.95 Å². The molecule has 0 bridgehead atoms. The predicted molar refractivity (Wildman–Crippen MR) is 139 cm³/mol. The van der Waals surface area contributed by atoms with Crippen molar-refractivity contribution < 1.29 is 13.9 Å². The summed E-state index contributed by atoms with van der Waals surface area (Å²) in [7, 11) is -3.71. The first kappa shape index (κ1) is 24.8. The minimum atomic E-state index is -2.73. The number of nitrogens with one attached hydrogen (secondary N) is 3. The molecule has 8 nitrogen and oxygen atoms in total. The summed E-state index contributed by atoms with van der Waals surface area (Å²) in [5.41, 5.74) is 1.84. The molecule has 0 aliphatic carbocycles. The molecule has 1 aromatic heterocycles.